The lowest BCUT2D eigenvalue weighted by atomic mass is 9.71. The highest BCUT2D eigenvalue weighted by atomic mass is 35.5. The second kappa shape index (κ2) is 7.04. The molecule has 3 nitrogen and oxygen atoms in total. The Bertz CT molecular complexity index is 473. The van der Waals surface area contributed by atoms with Crippen LogP contribution in [0.2, 0.25) is 0 Å². The second-order valence-corrected chi connectivity index (χ2v) is 5.01. The number of hydrogen-bond donors (Lipinski definition) is 1. The fraction of sp³-hybridized carbons (Fsp3) is 0.533. The van der Waals surface area contributed by atoms with Crippen LogP contribution in [0.25, 0.3) is 0 Å². The van der Waals surface area contributed by atoms with Gasteiger partial charge in [-0.25, -0.2) is 4.39 Å². The SMILES string of the molecule is CCOC(=O)C1(c2cc(F)ccc2C)CCNCC1.Cl. The van der Waals surface area contributed by atoms with Crippen molar-refractivity contribution in [1.29, 1.82) is 0 Å². The van der Waals surface area contributed by atoms with Gasteiger partial charge >= 0.3 is 5.97 Å². The molecule has 0 unspecified atom stereocenters. The fourth-order valence-electron chi connectivity index (χ4n) is 2.82. The molecule has 1 aliphatic heterocycles. The molecule has 1 aromatic carbocycles. The smallest absolute Gasteiger partial charge is 0.316 e. The molecule has 0 radical (unpaired) electrons. The minimum Gasteiger partial charge on any atom is -0.465 e. The van der Waals surface area contributed by atoms with Crippen LogP contribution in [0.3, 0.4) is 0 Å². The third-order valence-corrected chi connectivity index (χ3v) is 3.84. The van der Waals surface area contributed by atoms with Crippen molar-refractivity contribution in [2.75, 3.05) is 19.7 Å². The minimum absolute atomic E-state index is 0. The maximum Gasteiger partial charge on any atom is 0.316 e. The first kappa shape index (κ1) is 16.9. The maximum atomic E-state index is 13.6. The molecular formula is C15H21ClFNO2. The molecule has 1 aromatic rings. The van der Waals surface area contributed by atoms with Crippen LogP contribution in [0, 0.1) is 12.7 Å². The first-order valence-corrected chi connectivity index (χ1v) is 6.75. The van der Waals surface area contributed by atoms with Crippen molar-refractivity contribution in [3.8, 4) is 0 Å². The molecule has 0 bridgehead atoms. The summed E-state index contributed by atoms with van der Waals surface area (Å²) in [6.07, 6.45) is 1.30. The number of hydrogen-bond acceptors (Lipinski definition) is 3. The highest BCUT2D eigenvalue weighted by molar-refractivity contribution is 5.85. The molecule has 20 heavy (non-hydrogen) atoms. The summed E-state index contributed by atoms with van der Waals surface area (Å²) in [5.41, 5.74) is 1.01. The van der Waals surface area contributed by atoms with Crippen LogP contribution < -0.4 is 5.32 Å². The molecule has 5 heteroatoms. The molecule has 0 aliphatic carbocycles. The topological polar surface area (TPSA) is 38.3 Å². The predicted molar refractivity (Wildman–Crippen MR) is 78.8 cm³/mol. The van der Waals surface area contributed by atoms with E-state index in [0.717, 1.165) is 24.2 Å². The molecular weight excluding hydrogens is 281 g/mol. The molecule has 112 valence electrons. The van der Waals surface area contributed by atoms with Crippen molar-refractivity contribution < 1.29 is 13.9 Å². The normalized spacial score (nSPS) is 17.1. The Morgan fingerprint density at radius 1 is 1.40 bits per heavy atom. The maximum absolute atomic E-state index is 13.6. The first-order valence-electron chi connectivity index (χ1n) is 6.75. The summed E-state index contributed by atoms with van der Waals surface area (Å²) in [5.74, 6) is -0.534. The van der Waals surface area contributed by atoms with Gasteiger partial charge in [-0.1, -0.05) is 6.07 Å². The van der Waals surface area contributed by atoms with Crippen LogP contribution in [0.15, 0.2) is 18.2 Å². The lowest BCUT2D eigenvalue weighted by Crippen LogP contribution is -2.47. The third-order valence-electron chi connectivity index (χ3n) is 3.84. The summed E-state index contributed by atoms with van der Waals surface area (Å²) >= 11 is 0. The van der Waals surface area contributed by atoms with E-state index in [1.54, 1.807) is 13.0 Å². The van der Waals surface area contributed by atoms with Gasteiger partial charge in [0.2, 0.25) is 0 Å². The Labute approximate surface area is 125 Å². The second-order valence-electron chi connectivity index (χ2n) is 5.01. The standard InChI is InChI=1S/C15H20FNO2.ClH/c1-3-19-14(18)15(6-8-17-9-7-15)13-10-12(16)5-4-11(13)2;/h4-5,10,17H,3,6-9H2,1-2H3;1H. The number of halogens is 2. The van der Waals surface area contributed by atoms with Crippen LogP contribution >= 0.6 is 12.4 Å². The summed E-state index contributed by atoms with van der Waals surface area (Å²) in [4.78, 5) is 12.4. The quantitative estimate of drug-likeness (QED) is 0.873. The summed E-state index contributed by atoms with van der Waals surface area (Å²) in [6.45, 7) is 5.55. The zero-order chi connectivity index (χ0) is 13.9. The van der Waals surface area contributed by atoms with Crippen molar-refractivity contribution >= 4 is 18.4 Å². The fourth-order valence-corrected chi connectivity index (χ4v) is 2.82. The van der Waals surface area contributed by atoms with E-state index >= 15 is 0 Å². The average Bonchev–Trinajstić information content (AvgIpc) is 2.42. The van der Waals surface area contributed by atoms with E-state index in [0.29, 0.717) is 19.4 Å². The molecule has 1 aliphatic rings. The molecule has 0 saturated carbocycles. The van der Waals surface area contributed by atoms with Gasteiger partial charge in [0.25, 0.3) is 0 Å². The summed E-state index contributed by atoms with van der Waals surface area (Å²) in [6, 6.07) is 4.64. The van der Waals surface area contributed by atoms with Crippen LogP contribution in [0.4, 0.5) is 4.39 Å². The van der Waals surface area contributed by atoms with Crippen molar-refractivity contribution in [2.24, 2.45) is 0 Å². The van der Waals surface area contributed by atoms with Crippen LogP contribution in [-0.4, -0.2) is 25.7 Å². The van der Waals surface area contributed by atoms with E-state index in [1.165, 1.54) is 12.1 Å². The van der Waals surface area contributed by atoms with Gasteiger partial charge in [-0.15, -0.1) is 12.4 Å². The van der Waals surface area contributed by atoms with Gasteiger partial charge in [-0.2, -0.15) is 0 Å². The van der Waals surface area contributed by atoms with Gasteiger partial charge in [-0.05, 0) is 63.0 Å². The van der Waals surface area contributed by atoms with Gasteiger partial charge < -0.3 is 10.1 Å². The van der Waals surface area contributed by atoms with E-state index in [4.69, 9.17) is 4.74 Å². The van der Waals surface area contributed by atoms with Crippen molar-refractivity contribution in [1.82, 2.24) is 5.32 Å². The number of rotatable bonds is 3. The molecule has 1 heterocycles. The number of aryl methyl sites for hydroxylation is 1. The third kappa shape index (κ3) is 3.13. The molecule has 1 fully saturated rings. The van der Waals surface area contributed by atoms with E-state index in [2.05, 4.69) is 5.32 Å². The average molecular weight is 302 g/mol. The molecule has 0 spiro atoms. The molecule has 2 rings (SSSR count). The van der Waals surface area contributed by atoms with Gasteiger partial charge in [-0.3, -0.25) is 4.79 Å². The largest absolute Gasteiger partial charge is 0.465 e. The Morgan fingerprint density at radius 3 is 2.65 bits per heavy atom. The highest BCUT2D eigenvalue weighted by Crippen LogP contribution is 2.37. The number of carbonyl (C=O) groups excluding carboxylic acids is 1. The number of nitrogens with one attached hydrogen (secondary N) is 1. The van der Waals surface area contributed by atoms with Crippen LogP contribution in [0.5, 0.6) is 0 Å². The number of carbonyl (C=O) groups is 1. The Morgan fingerprint density at radius 2 is 2.05 bits per heavy atom. The van der Waals surface area contributed by atoms with Gasteiger partial charge in [0, 0.05) is 0 Å². The van der Waals surface area contributed by atoms with E-state index in [1.807, 2.05) is 6.92 Å². The number of ether oxygens (including phenoxy) is 1. The molecule has 0 atom stereocenters. The first-order chi connectivity index (χ1) is 9.10. The minimum atomic E-state index is -0.701. The van der Waals surface area contributed by atoms with E-state index < -0.39 is 5.41 Å². The van der Waals surface area contributed by atoms with Crippen molar-refractivity contribution in [3.05, 3.63) is 35.1 Å². The van der Waals surface area contributed by atoms with Crippen LogP contribution in [-0.2, 0) is 14.9 Å². The Kier molecular flexibility index (Phi) is 5.96. The Balaban J connectivity index is 0.00000200. The molecule has 0 amide bonds. The van der Waals surface area contributed by atoms with Crippen molar-refractivity contribution in [3.63, 3.8) is 0 Å². The number of benzene rings is 1. The lowest BCUT2D eigenvalue weighted by molar-refractivity contribution is -0.151. The van der Waals surface area contributed by atoms with E-state index in [9.17, 15) is 9.18 Å². The number of piperidine rings is 1. The number of esters is 1. The van der Waals surface area contributed by atoms with Gasteiger partial charge in [0.05, 0.1) is 12.0 Å². The predicted octanol–water partition coefficient (Wildman–Crippen LogP) is 2.74. The van der Waals surface area contributed by atoms with Gasteiger partial charge in [0.1, 0.15) is 5.82 Å². The Hall–Kier alpha value is -1.13. The summed E-state index contributed by atoms with van der Waals surface area (Å²) < 4.78 is 18.8. The summed E-state index contributed by atoms with van der Waals surface area (Å²) in [5, 5.41) is 3.24. The van der Waals surface area contributed by atoms with E-state index in [-0.39, 0.29) is 24.2 Å². The highest BCUT2D eigenvalue weighted by Gasteiger charge is 2.43. The van der Waals surface area contributed by atoms with Gasteiger partial charge in [0.15, 0.2) is 0 Å². The molecule has 1 N–H and O–H groups in total. The zero-order valence-corrected chi connectivity index (χ0v) is 12.7. The van der Waals surface area contributed by atoms with Crippen LogP contribution in [0.1, 0.15) is 30.9 Å². The lowest BCUT2D eigenvalue weighted by Gasteiger charge is -2.36. The summed E-state index contributed by atoms with van der Waals surface area (Å²) in [7, 11) is 0. The van der Waals surface area contributed by atoms with Crippen molar-refractivity contribution in [2.45, 2.75) is 32.1 Å². The molecule has 1 saturated heterocycles. The monoisotopic (exact) mass is 301 g/mol. The molecule has 0 aromatic heterocycles. The zero-order valence-electron chi connectivity index (χ0n) is 11.9.